The van der Waals surface area contributed by atoms with Crippen LogP contribution in [0.2, 0.25) is 0 Å². The number of anilines is 2. The molecule has 2 aromatic carbocycles. The fourth-order valence-electron chi connectivity index (χ4n) is 4.66. The van der Waals surface area contributed by atoms with Gasteiger partial charge >= 0.3 is 6.18 Å². The van der Waals surface area contributed by atoms with Gasteiger partial charge < -0.3 is 10.1 Å². The Morgan fingerprint density at radius 3 is 2.59 bits per heavy atom. The summed E-state index contributed by atoms with van der Waals surface area (Å²) >= 11 is 0. The van der Waals surface area contributed by atoms with Crippen molar-refractivity contribution >= 4 is 28.7 Å². The van der Waals surface area contributed by atoms with E-state index in [-0.39, 0.29) is 11.3 Å². The summed E-state index contributed by atoms with van der Waals surface area (Å²) < 4.78 is 46.2. The van der Waals surface area contributed by atoms with Crippen LogP contribution in [0, 0.1) is 6.92 Å². The van der Waals surface area contributed by atoms with Gasteiger partial charge in [-0.25, -0.2) is 15.0 Å². The van der Waals surface area contributed by atoms with Gasteiger partial charge in [0, 0.05) is 43.5 Å². The number of rotatable bonds is 6. The first-order chi connectivity index (χ1) is 19.6. The molecule has 2 aromatic heterocycles. The van der Waals surface area contributed by atoms with Gasteiger partial charge in [0.2, 0.25) is 5.95 Å². The van der Waals surface area contributed by atoms with Crippen LogP contribution in [0.15, 0.2) is 53.5 Å². The van der Waals surface area contributed by atoms with Crippen molar-refractivity contribution in [1.29, 1.82) is 0 Å². The standard InChI is InChI=1S/C28H28F3N7O3/c1-4-38(37-10-12-41-13-11-37)27-32-16-22-24(35-27)36(3)26(40)23(34-22)21-15-20(9-8-17(21)2)33-25(39)18-6-5-7-19(14-18)28(29,30)31/h5-9,14-16H,4,10-13H2,1-3H3,(H,33,39). The van der Waals surface area contributed by atoms with E-state index in [2.05, 4.69) is 25.3 Å². The molecule has 0 unspecified atom stereocenters. The molecule has 0 atom stereocenters. The quantitative estimate of drug-likeness (QED) is 0.372. The van der Waals surface area contributed by atoms with Crippen LogP contribution in [0.5, 0.6) is 0 Å². The zero-order valence-corrected chi connectivity index (χ0v) is 22.7. The molecule has 0 spiro atoms. The average molecular weight is 568 g/mol. The molecule has 0 saturated carbocycles. The number of hydrogen-bond acceptors (Lipinski definition) is 8. The summed E-state index contributed by atoms with van der Waals surface area (Å²) in [6.07, 6.45) is -3.00. The Morgan fingerprint density at radius 1 is 1.12 bits per heavy atom. The average Bonchev–Trinajstić information content (AvgIpc) is 2.97. The molecule has 1 amide bonds. The lowest BCUT2D eigenvalue weighted by atomic mass is 10.0. The second-order valence-corrected chi connectivity index (χ2v) is 9.55. The number of nitrogens with zero attached hydrogens (tertiary/aromatic N) is 6. The maximum atomic E-state index is 13.5. The van der Waals surface area contributed by atoms with E-state index in [4.69, 9.17) is 4.74 Å². The third kappa shape index (κ3) is 5.77. The molecule has 1 N–H and O–H groups in total. The van der Waals surface area contributed by atoms with E-state index in [0.29, 0.717) is 66.8 Å². The summed E-state index contributed by atoms with van der Waals surface area (Å²) in [6, 6.07) is 9.04. The summed E-state index contributed by atoms with van der Waals surface area (Å²) in [6.45, 7) is 7.02. The van der Waals surface area contributed by atoms with Crippen LogP contribution >= 0.6 is 0 Å². The molecule has 1 fully saturated rings. The summed E-state index contributed by atoms with van der Waals surface area (Å²) in [7, 11) is 1.60. The number of aryl methyl sites for hydroxylation is 2. The second kappa shape index (κ2) is 11.3. The Labute approximate surface area is 233 Å². The number of morpholine rings is 1. The third-order valence-electron chi connectivity index (χ3n) is 6.86. The Bertz CT molecular complexity index is 1670. The van der Waals surface area contributed by atoms with Crippen molar-refractivity contribution < 1.29 is 22.7 Å². The van der Waals surface area contributed by atoms with Crippen molar-refractivity contribution in [2.75, 3.05) is 43.2 Å². The van der Waals surface area contributed by atoms with E-state index in [9.17, 15) is 22.8 Å². The normalized spacial score (nSPS) is 14.3. The van der Waals surface area contributed by atoms with Crippen LogP contribution in [0.25, 0.3) is 22.4 Å². The first-order valence-electron chi connectivity index (χ1n) is 13.0. The van der Waals surface area contributed by atoms with E-state index in [1.54, 1.807) is 38.4 Å². The van der Waals surface area contributed by atoms with E-state index < -0.39 is 23.2 Å². The number of ether oxygens (including phenoxy) is 1. The second-order valence-electron chi connectivity index (χ2n) is 9.55. The number of hydrogen-bond donors (Lipinski definition) is 1. The number of halogens is 3. The SMILES string of the molecule is CCN(c1ncc2nc(-c3cc(NC(=O)c4cccc(C(F)(F)F)c4)ccc3C)c(=O)n(C)c2n1)N1CCOCC1. The fourth-order valence-corrected chi connectivity index (χ4v) is 4.66. The Morgan fingerprint density at radius 2 is 1.88 bits per heavy atom. The maximum Gasteiger partial charge on any atom is 0.416 e. The van der Waals surface area contributed by atoms with Gasteiger partial charge in [0.05, 0.1) is 25.0 Å². The highest BCUT2D eigenvalue weighted by Crippen LogP contribution is 2.30. The molecule has 5 rings (SSSR count). The van der Waals surface area contributed by atoms with Gasteiger partial charge in [0.15, 0.2) is 5.65 Å². The van der Waals surface area contributed by atoms with Gasteiger partial charge in [-0.15, -0.1) is 0 Å². The number of alkyl halides is 3. The molecule has 13 heteroatoms. The van der Waals surface area contributed by atoms with Crippen molar-refractivity contribution in [2.24, 2.45) is 7.05 Å². The Hall–Kier alpha value is -4.36. The van der Waals surface area contributed by atoms with Crippen LogP contribution in [0.4, 0.5) is 24.8 Å². The number of fused-ring (bicyclic) bond motifs is 1. The molecule has 1 saturated heterocycles. The number of carbonyl (C=O) groups excluding carboxylic acids is 1. The molecule has 0 bridgehead atoms. The van der Waals surface area contributed by atoms with E-state index in [0.717, 1.165) is 12.1 Å². The van der Waals surface area contributed by atoms with E-state index >= 15 is 0 Å². The molecule has 41 heavy (non-hydrogen) atoms. The van der Waals surface area contributed by atoms with Gasteiger partial charge in [-0.2, -0.15) is 18.2 Å². The van der Waals surface area contributed by atoms with Crippen LogP contribution < -0.4 is 15.9 Å². The van der Waals surface area contributed by atoms with Gasteiger partial charge in [-0.1, -0.05) is 12.1 Å². The monoisotopic (exact) mass is 567 g/mol. The first kappa shape index (κ1) is 28.2. The number of carbonyl (C=O) groups is 1. The summed E-state index contributed by atoms with van der Waals surface area (Å²) in [5.74, 6) is -0.270. The molecule has 3 heterocycles. The highest BCUT2D eigenvalue weighted by Gasteiger charge is 2.31. The summed E-state index contributed by atoms with van der Waals surface area (Å²) in [4.78, 5) is 40.0. The zero-order valence-electron chi connectivity index (χ0n) is 22.7. The lowest BCUT2D eigenvalue weighted by molar-refractivity contribution is -0.137. The molecule has 0 radical (unpaired) electrons. The van der Waals surface area contributed by atoms with Crippen LogP contribution in [-0.4, -0.2) is 63.3 Å². The minimum absolute atomic E-state index is 0.129. The molecule has 0 aliphatic carbocycles. The van der Waals surface area contributed by atoms with Crippen LogP contribution in [0.1, 0.15) is 28.4 Å². The number of nitrogens with one attached hydrogen (secondary N) is 1. The molecule has 10 nitrogen and oxygen atoms in total. The highest BCUT2D eigenvalue weighted by molar-refractivity contribution is 6.04. The largest absolute Gasteiger partial charge is 0.416 e. The van der Waals surface area contributed by atoms with Crippen molar-refractivity contribution in [2.45, 2.75) is 20.0 Å². The number of benzene rings is 2. The molecule has 1 aliphatic heterocycles. The predicted molar refractivity (Wildman–Crippen MR) is 148 cm³/mol. The number of hydrazine groups is 1. The van der Waals surface area contributed by atoms with Crippen molar-refractivity contribution in [1.82, 2.24) is 24.5 Å². The Balaban J connectivity index is 1.47. The van der Waals surface area contributed by atoms with Crippen molar-refractivity contribution in [3.8, 4) is 11.3 Å². The molecule has 214 valence electrons. The molecule has 1 aliphatic rings. The van der Waals surface area contributed by atoms with Gasteiger partial charge in [0.25, 0.3) is 11.5 Å². The van der Waals surface area contributed by atoms with Crippen molar-refractivity contribution in [3.63, 3.8) is 0 Å². The maximum absolute atomic E-state index is 13.5. The van der Waals surface area contributed by atoms with E-state index in [1.165, 1.54) is 16.7 Å². The number of aromatic nitrogens is 4. The minimum Gasteiger partial charge on any atom is -0.379 e. The van der Waals surface area contributed by atoms with Gasteiger partial charge in [0.1, 0.15) is 11.2 Å². The lowest BCUT2D eigenvalue weighted by Crippen LogP contribution is -2.49. The molecule has 4 aromatic rings. The highest BCUT2D eigenvalue weighted by atomic mass is 19.4. The van der Waals surface area contributed by atoms with Crippen LogP contribution in [0.3, 0.4) is 0 Å². The zero-order chi connectivity index (χ0) is 29.3. The first-order valence-corrected chi connectivity index (χ1v) is 13.0. The third-order valence-corrected chi connectivity index (χ3v) is 6.86. The topological polar surface area (TPSA) is 105 Å². The molecular weight excluding hydrogens is 539 g/mol. The van der Waals surface area contributed by atoms with Gasteiger partial charge in [-0.05, 0) is 49.7 Å². The summed E-state index contributed by atoms with van der Waals surface area (Å²) in [5, 5.41) is 6.67. The lowest BCUT2D eigenvalue weighted by Gasteiger charge is -2.36. The molecular formula is C28H28F3N7O3. The van der Waals surface area contributed by atoms with Crippen LogP contribution in [-0.2, 0) is 18.0 Å². The van der Waals surface area contributed by atoms with E-state index in [1.807, 2.05) is 11.9 Å². The minimum atomic E-state index is -4.57. The van der Waals surface area contributed by atoms with Crippen molar-refractivity contribution in [3.05, 3.63) is 75.7 Å². The smallest absolute Gasteiger partial charge is 0.379 e. The fraction of sp³-hybridized carbons (Fsp3) is 0.321. The van der Waals surface area contributed by atoms with Gasteiger partial charge in [-0.3, -0.25) is 19.2 Å². The Kier molecular flexibility index (Phi) is 7.74. The summed E-state index contributed by atoms with van der Waals surface area (Å²) in [5.41, 5.74) is 0.904. The number of amides is 1. The predicted octanol–water partition coefficient (Wildman–Crippen LogP) is 4.04.